The van der Waals surface area contributed by atoms with Crippen LogP contribution in [0.15, 0.2) is 158 Å². The predicted octanol–water partition coefficient (Wildman–Crippen LogP) is 19.8. The van der Waals surface area contributed by atoms with Gasteiger partial charge in [-0.15, -0.1) is 0 Å². The van der Waals surface area contributed by atoms with Gasteiger partial charge in [-0.2, -0.15) is 0 Å². The third kappa shape index (κ3) is 57.8. The maximum Gasteiger partial charge on any atom is 0.306 e. The number of carbonyl (C=O) groups is 3. The van der Waals surface area contributed by atoms with Crippen molar-refractivity contribution in [3.8, 4) is 0 Å². The molecule has 0 aliphatic rings. The van der Waals surface area contributed by atoms with Crippen molar-refractivity contribution in [1.82, 2.24) is 0 Å². The van der Waals surface area contributed by atoms with E-state index in [4.69, 9.17) is 14.2 Å². The van der Waals surface area contributed by atoms with Crippen LogP contribution in [-0.4, -0.2) is 37.2 Å². The number of esters is 3. The van der Waals surface area contributed by atoms with E-state index in [1.807, 2.05) is 24.3 Å². The Hall–Kier alpha value is -4.97. The SMILES string of the molecule is CC/C=C\C/C=C\C/C=C\C/C=C\C/C=C\C/C=C\CCC(=O)OCC(COC(=O)CC/C=C\C/C=C\C/C=C\C/C=C\C/C=C\C/C=C\CC)OC(=O)CCCCCCCCC/C=C\CCCCCCCC. The van der Waals surface area contributed by atoms with Crippen molar-refractivity contribution in [3.63, 3.8) is 0 Å². The van der Waals surface area contributed by atoms with E-state index in [1.54, 1.807) is 0 Å². The van der Waals surface area contributed by atoms with Gasteiger partial charge in [-0.25, -0.2) is 0 Å². The van der Waals surface area contributed by atoms with Crippen LogP contribution in [0.4, 0.5) is 0 Å². The van der Waals surface area contributed by atoms with E-state index in [2.05, 4.69) is 154 Å². The van der Waals surface area contributed by atoms with Crippen molar-refractivity contribution >= 4 is 17.9 Å². The van der Waals surface area contributed by atoms with Gasteiger partial charge in [0.05, 0.1) is 0 Å². The Morgan fingerprint density at radius 1 is 0.288 bits per heavy atom. The summed E-state index contributed by atoms with van der Waals surface area (Å²) in [5.41, 5.74) is 0. The van der Waals surface area contributed by atoms with E-state index < -0.39 is 6.10 Å². The van der Waals surface area contributed by atoms with E-state index >= 15 is 0 Å². The Morgan fingerprint density at radius 2 is 0.562 bits per heavy atom. The molecule has 0 heterocycles. The first-order chi connectivity index (χ1) is 36.0. The Kier molecular flexibility index (Phi) is 55.5. The predicted molar refractivity (Wildman–Crippen MR) is 315 cm³/mol. The molecular weight excluding hydrogens is 901 g/mol. The van der Waals surface area contributed by atoms with Crippen molar-refractivity contribution in [2.75, 3.05) is 13.2 Å². The van der Waals surface area contributed by atoms with E-state index in [9.17, 15) is 14.4 Å². The molecule has 0 aromatic carbocycles. The van der Waals surface area contributed by atoms with Gasteiger partial charge in [-0.1, -0.05) is 243 Å². The van der Waals surface area contributed by atoms with Gasteiger partial charge in [0, 0.05) is 19.3 Å². The normalized spacial score (nSPS) is 12.9. The molecule has 0 atom stereocenters. The van der Waals surface area contributed by atoms with Crippen LogP contribution in [0.1, 0.15) is 226 Å². The molecule has 0 fully saturated rings. The summed E-state index contributed by atoms with van der Waals surface area (Å²) in [6.07, 6.45) is 86.8. The van der Waals surface area contributed by atoms with Crippen molar-refractivity contribution in [2.24, 2.45) is 0 Å². The average Bonchev–Trinajstić information content (AvgIpc) is 3.39. The minimum atomic E-state index is -0.850. The lowest BCUT2D eigenvalue weighted by Gasteiger charge is -2.18. The van der Waals surface area contributed by atoms with E-state index in [0.717, 1.165) is 96.3 Å². The van der Waals surface area contributed by atoms with Crippen LogP contribution in [0.3, 0.4) is 0 Å². The molecule has 73 heavy (non-hydrogen) atoms. The zero-order valence-corrected chi connectivity index (χ0v) is 46.6. The summed E-state index contributed by atoms with van der Waals surface area (Å²) in [6, 6.07) is 0. The molecule has 0 rings (SSSR count). The Labute approximate surface area is 448 Å². The fraction of sp³-hybridized carbons (Fsp3) is 0.567. The number of allylic oxidation sites excluding steroid dienone is 26. The van der Waals surface area contributed by atoms with E-state index in [0.29, 0.717) is 12.8 Å². The van der Waals surface area contributed by atoms with Crippen LogP contribution in [0.2, 0.25) is 0 Å². The lowest BCUT2D eigenvalue weighted by Crippen LogP contribution is -2.30. The number of ether oxygens (including phenoxy) is 3. The number of hydrogen-bond acceptors (Lipinski definition) is 6. The second-order valence-corrected chi connectivity index (χ2v) is 18.4. The molecule has 0 aliphatic carbocycles. The fourth-order valence-electron chi connectivity index (χ4n) is 7.25. The lowest BCUT2D eigenvalue weighted by molar-refractivity contribution is -0.166. The second-order valence-electron chi connectivity index (χ2n) is 18.4. The van der Waals surface area contributed by atoms with Crippen molar-refractivity contribution in [1.29, 1.82) is 0 Å². The molecule has 0 radical (unpaired) electrons. The standard InChI is InChI=1S/C67H104O6/c1-4-7-10-13-16-19-22-25-28-31-33-36-38-41-44-47-50-53-56-59-65(68)71-62-64(73-67(70)61-58-55-52-49-46-43-40-35-30-27-24-21-18-15-12-9-6-3)63-72-66(69)60-57-54-51-48-45-42-39-37-34-32-29-26-23-20-17-14-11-8-5-2/h7-8,10-11,16-17,19-20,25-30,33-34,36-37,41-42,44-45,50-51,53-54,64H,4-6,9,12-15,18,21-24,31-32,35,38-40,43,46-49,52,55-63H2,1-3H3/b10-7-,11-8-,19-16-,20-17-,28-25-,29-26-,30-27-,36-33-,37-34-,44-41-,45-42-,53-50-,54-51-. The number of hydrogen-bond donors (Lipinski definition) is 0. The summed E-state index contributed by atoms with van der Waals surface area (Å²) in [5.74, 6) is -1.12. The van der Waals surface area contributed by atoms with Gasteiger partial charge in [0.1, 0.15) is 13.2 Å². The Morgan fingerprint density at radius 3 is 0.890 bits per heavy atom. The summed E-state index contributed by atoms with van der Waals surface area (Å²) < 4.78 is 16.7. The van der Waals surface area contributed by atoms with Crippen LogP contribution in [0, 0.1) is 0 Å². The van der Waals surface area contributed by atoms with Gasteiger partial charge >= 0.3 is 17.9 Å². The minimum absolute atomic E-state index is 0.150. The summed E-state index contributed by atoms with van der Waals surface area (Å²) in [5, 5.41) is 0. The zero-order chi connectivity index (χ0) is 52.9. The molecule has 0 aliphatic heterocycles. The monoisotopic (exact) mass is 1000 g/mol. The molecule has 0 bridgehead atoms. The largest absolute Gasteiger partial charge is 0.462 e. The Balaban J connectivity index is 4.64. The first kappa shape index (κ1) is 68.0. The summed E-state index contributed by atoms with van der Waals surface area (Å²) in [4.78, 5) is 38.1. The van der Waals surface area contributed by atoms with Crippen molar-refractivity contribution in [3.05, 3.63) is 158 Å². The highest BCUT2D eigenvalue weighted by molar-refractivity contribution is 5.71. The highest BCUT2D eigenvalue weighted by Gasteiger charge is 2.19. The molecular formula is C67H104O6. The number of unbranched alkanes of at least 4 members (excludes halogenated alkanes) is 13. The summed E-state index contributed by atoms with van der Waals surface area (Å²) >= 11 is 0. The quantitative estimate of drug-likeness (QED) is 0.0261. The molecule has 0 spiro atoms. The Bertz CT molecular complexity index is 1580. The van der Waals surface area contributed by atoms with Crippen LogP contribution in [-0.2, 0) is 28.6 Å². The van der Waals surface area contributed by atoms with Crippen molar-refractivity contribution < 1.29 is 28.6 Å². The summed E-state index contributed by atoms with van der Waals surface area (Å²) in [7, 11) is 0. The maximum absolute atomic E-state index is 12.9. The van der Waals surface area contributed by atoms with Crippen LogP contribution in [0.5, 0.6) is 0 Å². The van der Waals surface area contributed by atoms with E-state index in [1.165, 1.54) is 77.0 Å². The molecule has 0 aromatic heterocycles. The molecule has 0 saturated carbocycles. The molecule has 0 aromatic rings. The zero-order valence-electron chi connectivity index (χ0n) is 46.6. The molecule has 6 heteroatoms. The van der Waals surface area contributed by atoms with Gasteiger partial charge in [0.2, 0.25) is 0 Å². The van der Waals surface area contributed by atoms with Gasteiger partial charge in [0.15, 0.2) is 6.10 Å². The van der Waals surface area contributed by atoms with Crippen LogP contribution in [0.25, 0.3) is 0 Å². The average molecular weight is 1010 g/mol. The third-order valence-electron chi connectivity index (χ3n) is 11.5. The minimum Gasteiger partial charge on any atom is -0.462 e. The maximum atomic E-state index is 12.9. The van der Waals surface area contributed by atoms with Gasteiger partial charge < -0.3 is 14.2 Å². The molecule has 0 amide bonds. The van der Waals surface area contributed by atoms with Gasteiger partial charge in [-0.3, -0.25) is 14.4 Å². The van der Waals surface area contributed by atoms with Gasteiger partial charge in [-0.05, 0) is 122 Å². The first-order valence-electron chi connectivity index (χ1n) is 29.0. The molecule has 6 nitrogen and oxygen atoms in total. The highest BCUT2D eigenvalue weighted by atomic mass is 16.6. The first-order valence-corrected chi connectivity index (χ1v) is 29.0. The van der Waals surface area contributed by atoms with Crippen LogP contribution < -0.4 is 0 Å². The smallest absolute Gasteiger partial charge is 0.306 e. The van der Waals surface area contributed by atoms with Crippen molar-refractivity contribution in [2.45, 2.75) is 232 Å². The number of rotatable bonds is 50. The highest BCUT2D eigenvalue weighted by Crippen LogP contribution is 2.13. The van der Waals surface area contributed by atoms with E-state index in [-0.39, 0.29) is 50.4 Å². The molecule has 0 saturated heterocycles. The summed E-state index contributed by atoms with van der Waals surface area (Å²) in [6.45, 7) is 6.26. The fourth-order valence-corrected chi connectivity index (χ4v) is 7.25. The molecule has 0 unspecified atom stereocenters. The second kappa shape index (κ2) is 59.6. The lowest BCUT2D eigenvalue weighted by atomic mass is 10.1. The molecule has 408 valence electrons. The number of carbonyl (C=O) groups excluding carboxylic acids is 3. The third-order valence-corrected chi connectivity index (χ3v) is 11.5. The van der Waals surface area contributed by atoms with Crippen LogP contribution >= 0.6 is 0 Å². The van der Waals surface area contributed by atoms with Gasteiger partial charge in [0.25, 0.3) is 0 Å². The molecule has 0 N–H and O–H groups in total. The topological polar surface area (TPSA) is 78.9 Å².